The van der Waals surface area contributed by atoms with Crippen LogP contribution in [0, 0.1) is 0 Å². The van der Waals surface area contributed by atoms with E-state index in [9.17, 15) is 13.2 Å². The second-order valence-corrected chi connectivity index (χ2v) is 9.75. The van der Waals surface area contributed by atoms with E-state index >= 15 is 0 Å². The summed E-state index contributed by atoms with van der Waals surface area (Å²) in [4.78, 5) is 15.1. The molecular weight excluding hydrogens is 360 g/mol. The number of sulfone groups is 1. The highest BCUT2D eigenvalue weighted by Crippen LogP contribution is 2.44. The van der Waals surface area contributed by atoms with Gasteiger partial charge in [0.15, 0.2) is 9.84 Å². The lowest BCUT2D eigenvalue weighted by Gasteiger charge is -2.40. The van der Waals surface area contributed by atoms with Crippen molar-refractivity contribution in [2.24, 2.45) is 0 Å². The maximum absolute atomic E-state index is 13.1. The van der Waals surface area contributed by atoms with Crippen LogP contribution in [0.4, 0.5) is 11.4 Å². The highest BCUT2D eigenvalue weighted by molar-refractivity contribution is 7.91. The maximum Gasteiger partial charge on any atom is 0.235 e. The van der Waals surface area contributed by atoms with Crippen molar-refractivity contribution >= 4 is 27.1 Å². The minimum absolute atomic E-state index is 0.0401. The number of nitrogens with one attached hydrogen (secondary N) is 1. The van der Waals surface area contributed by atoms with E-state index in [-0.39, 0.29) is 17.4 Å². The van der Waals surface area contributed by atoms with E-state index in [2.05, 4.69) is 10.2 Å². The molecule has 6 heteroatoms. The zero-order chi connectivity index (χ0) is 18.9. The third-order valence-electron chi connectivity index (χ3n) is 5.78. The zero-order valence-electron chi connectivity index (χ0n) is 15.2. The Hall–Kier alpha value is -2.34. The van der Waals surface area contributed by atoms with Crippen LogP contribution >= 0.6 is 0 Å². The summed E-state index contributed by atoms with van der Waals surface area (Å²) in [7, 11) is -2.91. The quantitative estimate of drug-likeness (QED) is 0.880. The van der Waals surface area contributed by atoms with Crippen molar-refractivity contribution in [1.82, 2.24) is 0 Å². The van der Waals surface area contributed by atoms with Gasteiger partial charge in [-0.1, -0.05) is 42.8 Å². The number of carbonyl (C=O) groups excluding carboxylic acids is 1. The first-order valence-electron chi connectivity index (χ1n) is 9.41. The van der Waals surface area contributed by atoms with Crippen molar-refractivity contribution in [3.05, 3.63) is 60.2 Å². The van der Waals surface area contributed by atoms with Crippen molar-refractivity contribution in [2.45, 2.75) is 24.7 Å². The van der Waals surface area contributed by atoms with Crippen LogP contribution in [-0.4, -0.2) is 38.9 Å². The summed E-state index contributed by atoms with van der Waals surface area (Å²) >= 11 is 0. The number of anilines is 2. The summed E-state index contributed by atoms with van der Waals surface area (Å²) < 4.78 is 23.3. The van der Waals surface area contributed by atoms with Crippen molar-refractivity contribution in [3.63, 3.8) is 0 Å². The van der Waals surface area contributed by atoms with E-state index in [1.165, 1.54) is 0 Å². The number of hydrogen-bond donors (Lipinski definition) is 1. The zero-order valence-corrected chi connectivity index (χ0v) is 16.0. The molecule has 1 saturated carbocycles. The second kappa shape index (κ2) is 7.00. The minimum atomic E-state index is -2.91. The van der Waals surface area contributed by atoms with Gasteiger partial charge in [-0.15, -0.1) is 0 Å². The topological polar surface area (TPSA) is 66.5 Å². The van der Waals surface area contributed by atoms with E-state index < -0.39 is 15.3 Å². The molecule has 1 amide bonds. The monoisotopic (exact) mass is 384 g/mol. The fourth-order valence-corrected chi connectivity index (χ4v) is 5.14. The molecule has 2 fully saturated rings. The van der Waals surface area contributed by atoms with Crippen molar-refractivity contribution < 1.29 is 13.2 Å². The molecule has 0 aromatic heterocycles. The number of nitrogens with zero attached hydrogens (tertiary/aromatic N) is 1. The summed E-state index contributed by atoms with van der Waals surface area (Å²) in [5.74, 6) is 0.403. The molecule has 2 aliphatic rings. The van der Waals surface area contributed by atoms with Gasteiger partial charge in [-0.2, -0.15) is 0 Å². The van der Waals surface area contributed by atoms with Gasteiger partial charge in [-0.3, -0.25) is 4.79 Å². The first kappa shape index (κ1) is 18.0. The summed E-state index contributed by atoms with van der Waals surface area (Å²) in [6, 6.07) is 17.7. The minimum Gasteiger partial charge on any atom is -0.369 e. The van der Waals surface area contributed by atoms with E-state index in [1.807, 2.05) is 54.6 Å². The third kappa shape index (κ3) is 3.58. The van der Waals surface area contributed by atoms with Crippen LogP contribution in [0.3, 0.4) is 0 Å². The molecule has 1 heterocycles. The number of rotatable bonds is 4. The Morgan fingerprint density at radius 2 is 1.67 bits per heavy atom. The Bertz CT molecular complexity index is 923. The SMILES string of the molecule is O=C(Nc1cccc(N2CCS(=O)(=O)CC2)c1)C1(c2ccccc2)CCC1. The smallest absolute Gasteiger partial charge is 0.235 e. The average Bonchev–Trinajstić information content (AvgIpc) is 2.62. The van der Waals surface area contributed by atoms with Crippen molar-refractivity contribution in [2.75, 3.05) is 34.8 Å². The van der Waals surface area contributed by atoms with Gasteiger partial charge in [-0.25, -0.2) is 8.42 Å². The highest BCUT2D eigenvalue weighted by Gasteiger charge is 2.45. The number of hydrogen-bond acceptors (Lipinski definition) is 4. The summed E-state index contributed by atoms with van der Waals surface area (Å²) in [5.41, 5.74) is 2.35. The molecule has 0 atom stereocenters. The van der Waals surface area contributed by atoms with Crippen LogP contribution in [0.25, 0.3) is 0 Å². The Morgan fingerprint density at radius 3 is 2.30 bits per heavy atom. The lowest BCUT2D eigenvalue weighted by atomic mass is 9.64. The van der Waals surface area contributed by atoms with E-state index in [1.54, 1.807) is 0 Å². The fraction of sp³-hybridized carbons (Fsp3) is 0.381. The van der Waals surface area contributed by atoms with Crippen LogP contribution < -0.4 is 10.2 Å². The predicted molar refractivity (Wildman–Crippen MR) is 108 cm³/mol. The van der Waals surface area contributed by atoms with E-state index in [0.29, 0.717) is 13.1 Å². The van der Waals surface area contributed by atoms with Crippen molar-refractivity contribution in [1.29, 1.82) is 0 Å². The second-order valence-electron chi connectivity index (χ2n) is 7.45. The van der Waals surface area contributed by atoms with Gasteiger partial charge in [0, 0.05) is 24.5 Å². The lowest BCUT2D eigenvalue weighted by molar-refractivity contribution is -0.124. The molecule has 142 valence electrons. The first-order valence-corrected chi connectivity index (χ1v) is 11.2. The van der Waals surface area contributed by atoms with Gasteiger partial charge < -0.3 is 10.2 Å². The Labute approximate surface area is 160 Å². The van der Waals surface area contributed by atoms with Gasteiger partial charge in [0.05, 0.1) is 16.9 Å². The third-order valence-corrected chi connectivity index (χ3v) is 7.39. The standard InChI is InChI=1S/C21H24N2O3S/c24-20(21(10-5-11-21)17-6-2-1-3-7-17)22-18-8-4-9-19(16-18)23-12-14-27(25,26)15-13-23/h1-4,6-9,16H,5,10-15H2,(H,22,24). The van der Waals surface area contributed by atoms with E-state index in [4.69, 9.17) is 0 Å². The Morgan fingerprint density at radius 1 is 0.963 bits per heavy atom. The normalized spacial score (nSPS) is 20.5. The van der Waals surface area contributed by atoms with Crippen LogP contribution in [0.2, 0.25) is 0 Å². The largest absolute Gasteiger partial charge is 0.369 e. The average molecular weight is 385 g/mol. The van der Waals surface area contributed by atoms with Crippen LogP contribution in [0.5, 0.6) is 0 Å². The molecule has 27 heavy (non-hydrogen) atoms. The summed E-state index contributed by atoms with van der Waals surface area (Å²) in [6.45, 7) is 0.987. The van der Waals surface area contributed by atoms with Gasteiger partial charge in [0.1, 0.15) is 0 Å². The molecule has 1 aliphatic heterocycles. The summed E-state index contributed by atoms with van der Waals surface area (Å²) in [5, 5.41) is 3.10. The number of carbonyl (C=O) groups is 1. The van der Waals surface area contributed by atoms with Gasteiger partial charge in [0.25, 0.3) is 0 Å². The lowest BCUT2D eigenvalue weighted by Crippen LogP contribution is -2.46. The van der Waals surface area contributed by atoms with Crippen LogP contribution in [0.15, 0.2) is 54.6 Å². The molecule has 1 aliphatic carbocycles. The molecule has 5 nitrogen and oxygen atoms in total. The van der Waals surface area contributed by atoms with Crippen LogP contribution in [-0.2, 0) is 20.0 Å². The molecule has 4 rings (SSSR count). The molecule has 2 aromatic carbocycles. The predicted octanol–water partition coefficient (Wildman–Crippen LogP) is 2.98. The molecular formula is C21H24N2O3S. The highest BCUT2D eigenvalue weighted by atomic mass is 32.2. The van der Waals surface area contributed by atoms with Gasteiger partial charge in [0.2, 0.25) is 5.91 Å². The van der Waals surface area contributed by atoms with E-state index in [0.717, 1.165) is 36.2 Å². The van der Waals surface area contributed by atoms with Crippen LogP contribution in [0.1, 0.15) is 24.8 Å². The van der Waals surface area contributed by atoms with Crippen molar-refractivity contribution in [3.8, 4) is 0 Å². The molecule has 0 unspecified atom stereocenters. The fourth-order valence-electron chi connectivity index (χ4n) is 3.94. The van der Waals surface area contributed by atoms with Gasteiger partial charge >= 0.3 is 0 Å². The number of amides is 1. The molecule has 0 bridgehead atoms. The molecule has 1 N–H and O–H groups in total. The maximum atomic E-state index is 13.1. The molecule has 2 aromatic rings. The van der Waals surface area contributed by atoms with Gasteiger partial charge in [-0.05, 0) is 36.6 Å². The molecule has 1 saturated heterocycles. The number of benzene rings is 2. The first-order chi connectivity index (χ1) is 13.0. The Kier molecular flexibility index (Phi) is 4.68. The molecule has 0 radical (unpaired) electrons. The summed E-state index contributed by atoms with van der Waals surface area (Å²) in [6.07, 6.45) is 2.80. The molecule has 0 spiro atoms. The Balaban J connectivity index is 1.51.